The fourth-order valence-corrected chi connectivity index (χ4v) is 2.41. The van der Waals surface area contributed by atoms with Crippen molar-refractivity contribution in [3.8, 4) is 0 Å². The SMILES string of the molecule is OC1CCCc2nc(Cc3ccc(F)cc3)cn21. The van der Waals surface area contributed by atoms with Gasteiger partial charge in [-0.2, -0.15) is 0 Å². The molecule has 0 spiro atoms. The molecule has 1 N–H and O–H groups in total. The molecule has 4 heteroatoms. The molecule has 94 valence electrons. The van der Waals surface area contributed by atoms with Crippen molar-refractivity contribution in [3.63, 3.8) is 0 Å². The van der Waals surface area contributed by atoms with Gasteiger partial charge in [0, 0.05) is 19.0 Å². The summed E-state index contributed by atoms with van der Waals surface area (Å²) < 4.78 is 14.7. The van der Waals surface area contributed by atoms with Crippen LogP contribution in [-0.4, -0.2) is 14.7 Å². The molecule has 1 unspecified atom stereocenters. The van der Waals surface area contributed by atoms with Crippen molar-refractivity contribution in [2.75, 3.05) is 0 Å². The summed E-state index contributed by atoms with van der Waals surface area (Å²) in [5.41, 5.74) is 1.96. The molecular formula is C14H15FN2O. The Kier molecular flexibility index (Phi) is 2.88. The second-order valence-corrected chi connectivity index (χ2v) is 4.73. The molecule has 1 atom stereocenters. The van der Waals surface area contributed by atoms with Crippen molar-refractivity contribution in [2.45, 2.75) is 31.9 Å². The first-order valence-electron chi connectivity index (χ1n) is 6.21. The molecule has 0 amide bonds. The van der Waals surface area contributed by atoms with Crippen LogP contribution in [0.3, 0.4) is 0 Å². The first-order chi connectivity index (χ1) is 8.72. The summed E-state index contributed by atoms with van der Waals surface area (Å²) in [4.78, 5) is 4.53. The molecule has 0 fully saturated rings. The number of aromatic nitrogens is 2. The number of hydrogen-bond donors (Lipinski definition) is 1. The van der Waals surface area contributed by atoms with Gasteiger partial charge in [-0.15, -0.1) is 0 Å². The number of benzene rings is 1. The number of fused-ring (bicyclic) bond motifs is 1. The second kappa shape index (κ2) is 4.53. The van der Waals surface area contributed by atoms with Crippen LogP contribution in [0.5, 0.6) is 0 Å². The standard InChI is InChI=1S/C14H15FN2O/c15-11-6-4-10(5-7-11)8-12-9-17-13(16-12)2-1-3-14(17)18/h4-7,9,14,18H,1-3,8H2. The topological polar surface area (TPSA) is 38.1 Å². The molecule has 1 aliphatic heterocycles. The minimum absolute atomic E-state index is 0.224. The summed E-state index contributed by atoms with van der Waals surface area (Å²) in [5.74, 6) is 0.726. The molecule has 2 heterocycles. The van der Waals surface area contributed by atoms with E-state index < -0.39 is 6.23 Å². The van der Waals surface area contributed by atoms with Gasteiger partial charge in [0.1, 0.15) is 17.9 Å². The Balaban J connectivity index is 1.83. The lowest BCUT2D eigenvalue weighted by molar-refractivity contribution is 0.0780. The van der Waals surface area contributed by atoms with Gasteiger partial charge >= 0.3 is 0 Å². The minimum Gasteiger partial charge on any atom is -0.373 e. The van der Waals surface area contributed by atoms with Gasteiger partial charge in [0.25, 0.3) is 0 Å². The Morgan fingerprint density at radius 3 is 2.83 bits per heavy atom. The summed E-state index contributed by atoms with van der Waals surface area (Å²) >= 11 is 0. The maximum absolute atomic E-state index is 12.8. The van der Waals surface area contributed by atoms with Gasteiger partial charge in [0.15, 0.2) is 0 Å². The molecule has 2 aromatic rings. The van der Waals surface area contributed by atoms with E-state index in [1.54, 1.807) is 12.1 Å². The molecule has 0 aliphatic carbocycles. The molecule has 0 saturated heterocycles. The van der Waals surface area contributed by atoms with E-state index in [1.165, 1.54) is 12.1 Å². The van der Waals surface area contributed by atoms with Crippen molar-refractivity contribution in [1.82, 2.24) is 9.55 Å². The van der Waals surface area contributed by atoms with Crippen LogP contribution in [0.1, 0.15) is 36.2 Å². The molecule has 1 aliphatic rings. The largest absolute Gasteiger partial charge is 0.373 e. The lowest BCUT2D eigenvalue weighted by Crippen LogP contribution is -2.16. The normalized spacial score (nSPS) is 18.7. The summed E-state index contributed by atoms with van der Waals surface area (Å²) in [6.07, 6.45) is 4.83. The van der Waals surface area contributed by atoms with E-state index in [2.05, 4.69) is 4.98 Å². The fraction of sp³-hybridized carbons (Fsp3) is 0.357. The first kappa shape index (κ1) is 11.4. The number of imidazole rings is 1. The molecule has 1 aromatic heterocycles. The van der Waals surface area contributed by atoms with Crippen LogP contribution >= 0.6 is 0 Å². The van der Waals surface area contributed by atoms with Gasteiger partial charge in [-0.1, -0.05) is 12.1 Å². The summed E-state index contributed by atoms with van der Waals surface area (Å²) in [6, 6.07) is 6.45. The highest BCUT2D eigenvalue weighted by atomic mass is 19.1. The van der Waals surface area contributed by atoms with Crippen molar-refractivity contribution in [1.29, 1.82) is 0 Å². The van der Waals surface area contributed by atoms with Crippen molar-refractivity contribution in [3.05, 3.63) is 53.4 Å². The van der Waals surface area contributed by atoms with Crippen LogP contribution in [0.15, 0.2) is 30.5 Å². The predicted octanol–water partition coefficient (Wildman–Crippen LogP) is 2.44. The molecule has 18 heavy (non-hydrogen) atoms. The predicted molar refractivity (Wildman–Crippen MR) is 65.6 cm³/mol. The molecule has 0 bridgehead atoms. The number of aryl methyl sites for hydroxylation is 1. The molecule has 3 nitrogen and oxygen atoms in total. The maximum Gasteiger partial charge on any atom is 0.131 e. The summed E-state index contributed by atoms with van der Waals surface area (Å²) in [7, 11) is 0. The smallest absolute Gasteiger partial charge is 0.131 e. The van der Waals surface area contributed by atoms with Gasteiger partial charge in [0.2, 0.25) is 0 Å². The van der Waals surface area contributed by atoms with Gasteiger partial charge in [-0.05, 0) is 30.5 Å². The number of aliphatic hydroxyl groups excluding tert-OH is 1. The van der Waals surface area contributed by atoms with Crippen LogP contribution in [0.25, 0.3) is 0 Å². The zero-order valence-electron chi connectivity index (χ0n) is 10.0. The van der Waals surface area contributed by atoms with E-state index in [0.717, 1.165) is 36.3 Å². The van der Waals surface area contributed by atoms with Gasteiger partial charge in [-0.25, -0.2) is 9.37 Å². The number of hydrogen-bond acceptors (Lipinski definition) is 2. The van der Waals surface area contributed by atoms with Gasteiger partial charge in [-0.3, -0.25) is 0 Å². The second-order valence-electron chi connectivity index (χ2n) is 4.73. The number of aliphatic hydroxyl groups is 1. The number of nitrogens with zero attached hydrogens (tertiary/aromatic N) is 2. The fourth-order valence-electron chi connectivity index (χ4n) is 2.41. The van der Waals surface area contributed by atoms with Crippen LogP contribution in [0.2, 0.25) is 0 Å². The molecule has 0 radical (unpaired) electrons. The van der Waals surface area contributed by atoms with Crippen molar-refractivity contribution < 1.29 is 9.50 Å². The number of halogens is 1. The van der Waals surface area contributed by atoms with E-state index >= 15 is 0 Å². The van der Waals surface area contributed by atoms with E-state index in [9.17, 15) is 9.50 Å². The van der Waals surface area contributed by atoms with E-state index in [1.807, 2.05) is 10.8 Å². The van der Waals surface area contributed by atoms with Crippen LogP contribution in [0.4, 0.5) is 4.39 Å². The maximum atomic E-state index is 12.8. The zero-order valence-corrected chi connectivity index (χ0v) is 10.0. The van der Waals surface area contributed by atoms with E-state index in [0.29, 0.717) is 6.42 Å². The Bertz CT molecular complexity index is 547. The monoisotopic (exact) mass is 246 g/mol. The molecule has 3 rings (SSSR count). The lowest BCUT2D eigenvalue weighted by Gasteiger charge is -2.19. The highest BCUT2D eigenvalue weighted by Crippen LogP contribution is 2.23. The average molecular weight is 246 g/mol. The molecule has 1 aromatic carbocycles. The first-order valence-corrected chi connectivity index (χ1v) is 6.21. The third-order valence-corrected chi connectivity index (χ3v) is 3.34. The van der Waals surface area contributed by atoms with E-state index in [-0.39, 0.29) is 5.82 Å². The van der Waals surface area contributed by atoms with E-state index in [4.69, 9.17) is 0 Å². The highest BCUT2D eigenvalue weighted by molar-refractivity contribution is 5.22. The van der Waals surface area contributed by atoms with Gasteiger partial charge in [0.05, 0.1) is 5.69 Å². The Morgan fingerprint density at radius 2 is 2.11 bits per heavy atom. The van der Waals surface area contributed by atoms with Gasteiger partial charge < -0.3 is 9.67 Å². The average Bonchev–Trinajstić information content (AvgIpc) is 2.76. The Morgan fingerprint density at radius 1 is 1.33 bits per heavy atom. The summed E-state index contributed by atoms with van der Waals surface area (Å²) in [5, 5.41) is 9.85. The van der Waals surface area contributed by atoms with Crippen LogP contribution < -0.4 is 0 Å². The Labute approximate surface area is 105 Å². The molecular weight excluding hydrogens is 231 g/mol. The van der Waals surface area contributed by atoms with Crippen LogP contribution in [-0.2, 0) is 12.8 Å². The highest BCUT2D eigenvalue weighted by Gasteiger charge is 2.19. The zero-order chi connectivity index (χ0) is 12.5. The summed E-state index contributed by atoms with van der Waals surface area (Å²) in [6.45, 7) is 0. The van der Waals surface area contributed by atoms with Crippen molar-refractivity contribution >= 4 is 0 Å². The number of rotatable bonds is 2. The molecule has 0 saturated carbocycles. The quantitative estimate of drug-likeness (QED) is 0.883. The Hall–Kier alpha value is -1.68. The van der Waals surface area contributed by atoms with Crippen LogP contribution in [0, 0.1) is 5.82 Å². The third kappa shape index (κ3) is 2.16. The minimum atomic E-state index is -0.441. The third-order valence-electron chi connectivity index (χ3n) is 3.34. The van der Waals surface area contributed by atoms with Crippen molar-refractivity contribution in [2.24, 2.45) is 0 Å². The lowest BCUT2D eigenvalue weighted by atomic mass is 10.1.